The van der Waals surface area contributed by atoms with Crippen molar-refractivity contribution in [3.63, 3.8) is 0 Å². The number of nitrogens with one attached hydrogen (secondary N) is 2. The molecule has 0 fully saturated rings. The molecule has 0 spiro atoms. The van der Waals surface area contributed by atoms with Crippen LogP contribution in [0.25, 0.3) is 10.4 Å². The minimum atomic E-state index is -0.103. The monoisotopic (exact) mass is 310 g/mol. The van der Waals surface area contributed by atoms with E-state index < -0.39 is 0 Å². The summed E-state index contributed by atoms with van der Waals surface area (Å²) >= 11 is 1.65. The lowest BCUT2D eigenvalue weighted by atomic mass is 10.2. The number of nitrogens with zero attached hydrogens (tertiary/aromatic N) is 2. The van der Waals surface area contributed by atoms with Crippen molar-refractivity contribution in [2.45, 2.75) is 6.92 Å². The number of aromatic nitrogens is 2. The van der Waals surface area contributed by atoms with Gasteiger partial charge in [-0.1, -0.05) is 12.1 Å². The molecule has 0 aliphatic rings. The summed E-state index contributed by atoms with van der Waals surface area (Å²) in [5.74, 6) is 0.411. The average Bonchev–Trinajstić information content (AvgIpc) is 3.02. The van der Waals surface area contributed by atoms with Crippen molar-refractivity contribution in [2.75, 3.05) is 10.6 Å². The topological polar surface area (TPSA) is 66.9 Å². The van der Waals surface area contributed by atoms with Crippen LogP contribution >= 0.6 is 11.3 Å². The van der Waals surface area contributed by atoms with E-state index in [0.29, 0.717) is 5.95 Å². The van der Waals surface area contributed by atoms with Gasteiger partial charge in [0.2, 0.25) is 11.9 Å². The van der Waals surface area contributed by atoms with Crippen molar-refractivity contribution < 1.29 is 4.79 Å². The van der Waals surface area contributed by atoms with Crippen LogP contribution in [0.4, 0.5) is 17.3 Å². The van der Waals surface area contributed by atoms with Crippen LogP contribution in [0.1, 0.15) is 6.92 Å². The maximum atomic E-state index is 11.1. The minimum Gasteiger partial charge on any atom is -0.326 e. The molecule has 1 aromatic carbocycles. The first-order chi connectivity index (χ1) is 10.7. The lowest BCUT2D eigenvalue weighted by Gasteiger charge is -2.07. The summed E-state index contributed by atoms with van der Waals surface area (Å²) in [5.41, 5.74) is 2.54. The number of carbonyl (C=O) groups is 1. The summed E-state index contributed by atoms with van der Waals surface area (Å²) in [7, 11) is 0. The smallest absolute Gasteiger partial charge is 0.227 e. The number of hydrogen-bond acceptors (Lipinski definition) is 5. The lowest BCUT2D eigenvalue weighted by molar-refractivity contribution is -0.114. The number of carbonyl (C=O) groups excluding carboxylic acids is 1. The fourth-order valence-electron chi connectivity index (χ4n) is 1.97. The molecule has 2 N–H and O–H groups in total. The van der Waals surface area contributed by atoms with E-state index in [-0.39, 0.29) is 5.91 Å². The molecular weight excluding hydrogens is 296 g/mol. The van der Waals surface area contributed by atoms with Crippen LogP contribution in [0, 0.1) is 0 Å². The molecule has 2 heterocycles. The standard InChI is InChI=1S/C16H14N4OS/c1-11(21)19-13-4-2-5-14(8-13)20-16-17-9-12(10-18-16)15-6-3-7-22-15/h2-10H,1H3,(H,19,21)(H,17,18,20). The summed E-state index contributed by atoms with van der Waals surface area (Å²) in [6.07, 6.45) is 3.58. The fourth-order valence-corrected chi connectivity index (χ4v) is 2.67. The molecular formula is C16H14N4OS. The summed E-state index contributed by atoms with van der Waals surface area (Å²) < 4.78 is 0. The second kappa shape index (κ2) is 6.36. The van der Waals surface area contributed by atoms with Gasteiger partial charge < -0.3 is 10.6 Å². The molecule has 0 bridgehead atoms. The Balaban J connectivity index is 1.74. The highest BCUT2D eigenvalue weighted by Gasteiger charge is 2.03. The van der Waals surface area contributed by atoms with Gasteiger partial charge in [-0.2, -0.15) is 0 Å². The Morgan fingerprint density at radius 3 is 2.55 bits per heavy atom. The third kappa shape index (κ3) is 3.48. The van der Waals surface area contributed by atoms with Gasteiger partial charge in [0.15, 0.2) is 0 Å². The van der Waals surface area contributed by atoms with E-state index in [0.717, 1.165) is 21.8 Å². The van der Waals surface area contributed by atoms with Crippen LogP contribution in [-0.2, 0) is 4.79 Å². The zero-order chi connectivity index (χ0) is 15.4. The number of hydrogen-bond donors (Lipinski definition) is 2. The highest BCUT2D eigenvalue weighted by molar-refractivity contribution is 7.13. The Hall–Kier alpha value is -2.73. The van der Waals surface area contributed by atoms with Crippen molar-refractivity contribution in [1.29, 1.82) is 0 Å². The van der Waals surface area contributed by atoms with Crippen LogP contribution in [0.5, 0.6) is 0 Å². The van der Waals surface area contributed by atoms with E-state index in [1.165, 1.54) is 6.92 Å². The van der Waals surface area contributed by atoms with Crippen LogP contribution in [0.2, 0.25) is 0 Å². The zero-order valence-electron chi connectivity index (χ0n) is 11.9. The molecule has 3 aromatic rings. The molecule has 22 heavy (non-hydrogen) atoms. The summed E-state index contributed by atoms with van der Waals surface area (Å²) in [5, 5.41) is 7.88. The molecule has 110 valence electrons. The van der Waals surface area contributed by atoms with E-state index in [1.54, 1.807) is 23.7 Å². The quantitative estimate of drug-likeness (QED) is 0.767. The Bertz CT molecular complexity index is 769. The predicted molar refractivity (Wildman–Crippen MR) is 89.4 cm³/mol. The normalized spacial score (nSPS) is 10.2. The van der Waals surface area contributed by atoms with Gasteiger partial charge >= 0.3 is 0 Å². The third-order valence-electron chi connectivity index (χ3n) is 2.90. The molecule has 3 rings (SSSR count). The molecule has 0 unspecified atom stereocenters. The third-order valence-corrected chi connectivity index (χ3v) is 3.82. The Labute approximate surface area is 132 Å². The van der Waals surface area contributed by atoms with Gasteiger partial charge in [0.25, 0.3) is 0 Å². The summed E-state index contributed by atoms with van der Waals surface area (Å²) in [6, 6.07) is 11.4. The van der Waals surface area contributed by atoms with Crippen LogP contribution < -0.4 is 10.6 Å². The fraction of sp³-hybridized carbons (Fsp3) is 0.0625. The van der Waals surface area contributed by atoms with Gasteiger partial charge in [-0.3, -0.25) is 4.79 Å². The molecule has 5 nitrogen and oxygen atoms in total. The Morgan fingerprint density at radius 2 is 1.86 bits per heavy atom. The van der Waals surface area contributed by atoms with Crippen molar-refractivity contribution in [1.82, 2.24) is 9.97 Å². The van der Waals surface area contributed by atoms with Crippen LogP contribution in [0.15, 0.2) is 54.2 Å². The number of thiophene rings is 1. The zero-order valence-corrected chi connectivity index (χ0v) is 12.7. The van der Waals surface area contributed by atoms with Crippen molar-refractivity contribution in [3.05, 3.63) is 54.2 Å². The first-order valence-electron chi connectivity index (χ1n) is 6.71. The van der Waals surface area contributed by atoms with E-state index >= 15 is 0 Å². The molecule has 0 radical (unpaired) electrons. The second-order valence-corrected chi connectivity index (χ2v) is 5.61. The highest BCUT2D eigenvalue weighted by atomic mass is 32.1. The van der Waals surface area contributed by atoms with E-state index in [2.05, 4.69) is 20.6 Å². The minimum absolute atomic E-state index is 0.103. The molecule has 1 amide bonds. The first kappa shape index (κ1) is 14.2. The number of rotatable bonds is 4. The van der Waals surface area contributed by atoms with Crippen LogP contribution in [0.3, 0.4) is 0 Å². The molecule has 6 heteroatoms. The molecule has 2 aromatic heterocycles. The average molecular weight is 310 g/mol. The van der Waals surface area contributed by atoms with Crippen LogP contribution in [-0.4, -0.2) is 15.9 Å². The van der Waals surface area contributed by atoms with E-state index in [4.69, 9.17) is 0 Å². The van der Waals surface area contributed by atoms with Crippen molar-refractivity contribution in [3.8, 4) is 10.4 Å². The number of benzene rings is 1. The SMILES string of the molecule is CC(=O)Nc1cccc(Nc2ncc(-c3cccs3)cn2)c1. The van der Waals surface area contributed by atoms with Gasteiger partial charge in [-0.25, -0.2) is 9.97 Å². The van der Waals surface area contributed by atoms with Crippen molar-refractivity contribution >= 4 is 34.6 Å². The van der Waals surface area contributed by atoms with Gasteiger partial charge in [-0.15, -0.1) is 11.3 Å². The van der Waals surface area contributed by atoms with Gasteiger partial charge in [0.05, 0.1) is 0 Å². The molecule has 0 aliphatic carbocycles. The molecule has 0 aliphatic heterocycles. The summed E-state index contributed by atoms with van der Waals surface area (Å²) in [4.78, 5) is 20.9. The lowest BCUT2D eigenvalue weighted by Crippen LogP contribution is -2.06. The highest BCUT2D eigenvalue weighted by Crippen LogP contribution is 2.24. The van der Waals surface area contributed by atoms with Crippen molar-refractivity contribution in [2.24, 2.45) is 0 Å². The number of amides is 1. The Kier molecular flexibility index (Phi) is 4.11. The maximum Gasteiger partial charge on any atom is 0.227 e. The second-order valence-electron chi connectivity index (χ2n) is 4.66. The first-order valence-corrected chi connectivity index (χ1v) is 7.59. The van der Waals surface area contributed by atoms with E-state index in [1.807, 2.05) is 41.8 Å². The Morgan fingerprint density at radius 1 is 1.09 bits per heavy atom. The maximum absolute atomic E-state index is 11.1. The van der Waals surface area contributed by atoms with Gasteiger partial charge in [-0.05, 0) is 29.6 Å². The summed E-state index contributed by atoms with van der Waals surface area (Å²) in [6.45, 7) is 1.48. The van der Waals surface area contributed by atoms with Gasteiger partial charge in [0, 0.05) is 41.1 Å². The predicted octanol–water partition coefficient (Wildman–Crippen LogP) is 3.91. The van der Waals surface area contributed by atoms with E-state index in [9.17, 15) is 4.79 Å². The van der Waals surface area contributed by atoms with Gasteiger partial charge in [0.1, 0.15) is 0 Å². The molecule has 0 saturated carbocycles. The molecule has 0 saturated heterocycles. The molecule has 0 atom stereocenters. The number of anilines is 3. The largest absolute Gasteiger partial charge is 0.326 e.